The van der Waals surface area contributed by atoms with E-state index in [1.165, 1.54) is 0 Å². The monoisotopic (exact) mass is 136 g/mol. The van der Waals surface area contributed by atoms with Gasteiger partial charge in [0.15, 0.2) is 0 Å². The van der Waals surface area contributed by atoms with Crippen molar-refractivity contribution in [1.29, 1.82) is 0 Å². The summed E-state index contributed by atoms with van der Waals surface area (Å²) < 4.78 is 0. The van der Waals surface area contributed by atoms with Crippen LogP contribution in [0, 0.1) is 17.0 Å². The molecule has 0 amide bonds. The van der Waals surface area contributed by atoms with Gasteiger partial charge in [-0.05, 0) is 11.6 Å². The zero-order valence-electron chi connectivity index (χ0n) is 3.83. The van der Waals surface area contributed by atoms with Crippen LogP contribution in [0.1, 0.15) is 0 Å². The van der Waals surface area contributed by atoms with E-state index >= 15 is 0 Å². The van der Waals surface area contributed by atoms with Crippen molar-refractivity contribution in [2.45, 2.75) is 6.04 Å². The Hall–Kier alpha value is -0.640. The largest absolute Gasteiger partial charge is 0.295 e. The summed E-state index contributed by atoms with van der Waals surface area (Å²) in [6.45, 7) is 2.86. The summed E-state index contributed by atoms with van der Waals surface area (Å²) in [4.78, 5) is 18.6. The molecule has 0 saturated heterocycles. The summed E-state index contributed by atoms with van der Waals surface area (Å²) in [5.74, 6) is 0. The fraction of sp³-hybridized carbons (Fsp3) is 0.333. The van der Waals surface area contributed by atoms with E-state index in [2.05, 4.69) is 18.5 Å². The first-order valence-corrected chi connectivity index (χ1v) is 2.09. The van der Waals surface area contributed by atoms with Crippen molar-refractivity contribution in [2.24, 2.45) is 0 Å². The van der Waals surface area contributed by atoms with Gasteiger partial charge in [-0.25, -0.2) is 0 Å². The molecule has 0 aromatic heterocycles. The van der Waals surface area contributed by atoms with Crippen molar-refractivity contribution in [2.75, 3.05) is 0 Å². The van der Waals surface area contributed by atoms with Gasteiger partial charge in [-0.1, -0.05) is 0 Å². The van der Waals surface area contributed by atoms with Crippen LogP contribution in [-0.4, -0.2) is 16.2 Å². The van der Waals surface area contributed by atoms with E-state index in [1.807, 2.05) is 0 Å². The SMILES string of the molecule is [CH2]C(C(=O)Cl)[N+](=O)[O-]. The maximum Gasteiger partial charge on any atom is 0.295 e. The summed E-state index contributed by atoms with van der Waals surface area (Å²) in [5, 5.41) is 8.53. The zero-order chi connectivity index (χ0) is 6.73. The van der Waals surface area contributed by atoms with Gasteiger partial charge < -0.3 is 0 Å². The normalized spacial score (nSPS) is 12.8. The Bertz CT molecular complexity index is 110. The lowest BCUT2D eigenvalue weighted by molar-refractivity contribution is -0.494. The highest BCUT2D eigenvalue weighted by atomic mass is 35.5. The van der Waals surface area contributed by atoms with Crippen molar-refractivity contribution in [3.63, 3.8) is 0 Å². The van der Waals surface area contributed by atoms with Crippen LogP contribution in [0.3, 0.4) is 0 Å². The Morgan fingerprint density at radius 1 is 1.88 bits per heavy atom. The third-order valence-corrected chi connectivity index (χ3v) is 0.768. The molecule has 0 rings (SSSR count). The molecule has 0 N–H and O–H groups in total. The van der Waals surface area contributed by atoms with Crippen LogP contribution in [0.15, 0.2) is 0 Å². The van der Waals surface area contributed by atoms with Crippen LogP contribution in [0.25, 0.3) is 0 Å². The summed E-state index contributed by atoms with van der Waals surface area (Å²) in [6, 6.07) is -1.53. The second-order valence-corrected chi connectivity index (χ2v) is 1.48. The van der Waals surface area contributed by atoms with Crippen LogP contribution < -0.4 is 0 Å². The Balaban J connectivity index is 3.83. The van der Waals surface area contributed by atoms with Crippen molar-refractivity contribution in [3.8, 4) is 0 Å². The van der Waals surface area contributed by atoms with Crippen LogP contribution >= 0.6 is 11.6 Å². The first-order chi connectivity index (χ1) is 3.55. The van der Waals surface area contributed by atoms with E-state index < -0.39 is 16.2 Å². The summed E-state index contributed by atoms with van der Waals surface area (Å²) >= 11 is 4.68. The second kappa shape index (κ2) is 2.61. The fourth-order valence-corrected chi connectivity index (χ4v) is 0.163. The van der Waals surface area contributed by atoms with Crippen molar-refractivity contribution in [1.82, 2.24) is 0 Å². The summed E-state index contributed by atoms with van der Waals surface area (Å²) in [6.07, 6.45) is 0. The van der Waals surface area contributed by atoms with Gasteiger partial charge in [0.2, 0.25) is 0 Å². The van der Waals surface area contributed by atoms with Crippen molar-refractivity contribution >= 4 is 16.8 Å². The minimum absolute atomic E-state index is 0.852. The predicted octanol–water partition coefficient (Wildman–Crippen LogP) is 0.231. The van der Waals surface area contributed by atoms with E-state index in [4.69, 9.17) is 0 Å². The van der Waals surface area contributed by atoms with Crippen LogP contribution in [0.4, 0.5) is 0 Å². The number of rotatable bonds is 2. The van der Waals surface area contributed by atoms with Gasteiger partial charge in [-0.3, -0.25) is 14.9 Å². The molecule has 45 valence electrons. The van der Waals surface area contributed by atoms with Crippen LogP contribution in [0.5, 0.6) is 0 Å². The number of halogens is 1. The highest BCUT2D eigenvalue weighted by molar-refractivity contribution is 6.64. The highest BCUT2D eigenvalue weighted by Gasteiger charge is 2.20. The molecule has 0 aliphatic rings. The molecule has 1 atom stereocenters. The standard InChI is InChI=1S/C3H3ClNO3/c1-2(3(4)6)5(7)8/h2H,1H2. The molecule has 4 nitrogen and oxygen atoms in total. The van der Waals surface area contributed by atoms with E-state index in [9.17, 15) is 14.9 Å². The zero-order valence-corrected chi connectivity index (χ0v) is 4.59. The first-order valence-electron chi connectivity index (χ1n) is 1.71. The number of hydrogen-bond acceptors (Lipinski definition) is 3. The molecule has 0 heterocycles. The summed E-state index contributed by atoms with van der Waals surface area (Å²) in [7, 11) is 0. The molecule has 0 aromatic rings. The molecule has 5 heteroatoms. The van der Waals surface area contributed by atoms with Crippen LogP contribution in [-0.2, 0) is 4.79 Å². The Morgan fingerprint density at radius 3 is 2.25 bits per heavy atom. The number of nitrogens with zero attached hydrogens (tertiary/aromatic N) is 1. The summed E-state index contributed by atoms with van der Waals surface area (Å²) in [5.41, 5.74) is 0. The molecule has 0 bridgehead atoms. The first kappa shape index (κ1) is 7.36. The Kier molecular flexibility index (Phi) is 2.41. The molecule has 0 saturated carbocycles. The second-order valence-electron chi connectivity index (χ2n) is 1.11. The molecule has 0 aromatic carbocycles. The molecule has 0 aliphatic carbocycles. The smallest absolute Gasteiger partial charge is 0.273 e. The van der Waals surface area contributed by atoms with Gasteiger partial charge in [0, 0.05) is 11.8 Å². The number of nitro groups is 1. The third kappa shape index (κ3) is 1.88. The number of carbonyl (C=O) groups excluding carboxylic acids is 1. The van der Waals surface area contributed by atoms with Crippen molar-refractivity contribution in [3.05, 3.63) is 17.0 Å². The highest BCUT2D eigenvalue weighted by Crippen LogP contribution is 1.92. The number of hydrogen-bond donors (Lipinski definition) is 0. The minimum atomic E-state index is -1.53. The van der Waals surface area contributed by atoms with Gasteiger partial charge in [0.25, 0.3) is 11.3 Å². The predicted molar refractivity (Wildman–Crippen MR) is 27.0 cm³/mol. The Labute approximate surface area is 50.6 Å². The third-order valence-electron chi connectivity index (χ3n) is 0.516. The van der Waals surface area contributed by atoms with Crippen LogP contribution in [0.2, 0.25) is 0 Å². The topological polar surface area (TPSA) is 60.2 Å². The molecule has 0 aliphatic heterocycles. The van der Waals surface area contributed by atoms with E-state index in [-0.39, 0.29) is 0 Å². The molecule has 8 heavy (non-hydrogen) atoms. The quantitative estimate of drug-likeness (QED) is 0.310. The molecular weight excluding hydrogens is 133 g/mol. The maximum absolute atomic E-state index is 9.85. The van der Waals surface area contributed by atoms with E-state index in [0.717, 1.165) is 0 Å². The van der Waals surface area contributed by atoms with Gasteiger partial charge in [-0.2, -0.15) is 0 Å². The lowest BCUT2D eigenvalue weighted by atomic mass is 10.4. The fourth-order valence-electron chi connectivity index (χ4n) is 0.0829. The minimum Gasteiger partial charge on any atom is -0.273 e. The number of carbonyl (C=O) groups is 1. The van der Waals surface area contributed by atoms with E-state index in [1.54, 1.807) is 0 Å². The van der Waals surface area contributed by atoms with Gasteiger partial charge in [-0.15, -0.1) is 0 Å². The van der Waals surface area contributed by atoms with Gasteiger partial charge in [0.05, 0.1) is 0 Å². The van der Waals surface area contributed by atoms with Gasteiger partial charge >= 0.3 is 0 Å². The molecular formula is C3H3ClNO3. The lowest BCUT2D eigenvalue weighted by Crippen LogP contribution is -2.21. The van der Waals surface area contributed by atoms with Crippen molar-refractivity contribution < 1.29 is 9.72 Å². The van der Waals surface area contributed by atoms with E-state index in [0.29, 0.717) is 0 Å². The molecule has 1 radical (unpaired) electrons. The lowest BCUT2D eigenvalue weighted by Gasteiger charge is -1.92. The average Bonchev–Trinajstić information content (AvgIpc) is 1.64. The van der Waals surface area contributed by atoms with Gasteiger partial charge in [0.1, 0.15) is 0 Å². The maximum atomic E-state index is 9.85. The Morgan fingerprint density at radius 2 is 2.25 bits per heavy atom. The molecule has 0 fully saturated rings. The average molecular weight is 137 g/mol. The molecule has 0 spiro atoms. The molecule has 1 unspecified atom stereocenters.